The van der Waals surface area contributed by atoms with Crippen LogP contribution in [0.5, 0.6) is 5.88 Å². The second-order valence-corrected chi connectivity index (χ2v) is 5.65. The standard InChI is InChI=1S/C15H20N4O4/c1-8-5-11-13(17-19(3)14(11)9(2)22-8)15(20)16-7-10-6-12(21-4)18-23-10/h6,8-9H,5,7H2,1-4H3,(H,16,20)/t8-,9+/m0/s1. The van der Waals surface area contributed by atoms with Gasteiger partial charge in [-0.2, -0.15) is 5.10 Å². The SMILES string of the molecule is COc1cc(CNC(=O)c2nn(C)c3c2C[C@H](C)O[C@@H]3C)on1. The monoisotopic (exact) mass is 320 g/mol. The number of carbonyl (C=O) groups excluding carboxylic acids is 1. The van der Waals surface area contributed by atoms with Crippen molar-refractivity contribution in [2.45, 2.75) is 39.0 Å². The van der Waals surface area contributed by atoms with Crippen LogP contribution in [-0.4, -0.2) is 34.1 Å². The molecule has 124 valence electrons. The molecule has 0 aromatic carbocycles. The van der Waals surface area contributed by atoms with Gasteiger partial charge >= 0.3 is 0 Å². The Bertz CT molecular complexity index is 721. The zero-order chi connectivity index (χ0) is 16.6. The molecule has 1 aliphatic rings. The fourth-order valence-corrected chi connectivity index (χ4v) is 2.95. The first kappa shape index (κ1) is 15.5. The van der Waals surface area contributed by atoms with E-state index >= 15 is 0 Å². The third-order valence-corrected chi connectivity index (χ3v) is 3.89. The van der Waals surface area contributed by atoms with Gasteiger partial charge in [0.1, 0.15) is 0 Å². The molecular formula is C15H20N4O4. The molecule has 3 heterocycles. The largest absolute Gasteiger partial charge is 0.479 e. The number of aryl methyl sites for hydroxylation is 1. The zero-order valence-corrected chi connectivity index (χ0v) is 13.6. The number of nitrogens with one attached hydrogen (secondary N) is 1. The van der Waals surface area contributed by atoms with Crippen molar-refractivity contribution in [3.05, 3.63) is 28.8 Å². The summed E-state index contributed by atoms with van der Waals surface area (Å²) < 4.78 is 17.5. The van der Waals surface area contributed by atoms with Crippen molar-refractivity contribution < 1.29 is 18.8 Å². The number of hydrogen-bond acceptors (Lipinski definition) is 6. The van der Waals surface area contributed by atoms with Crippen molar-refractivity contribution in [2.24, 2.45) is 7.05 Å². The minimum Gasteiger partial charge on any atom is -0.479 e. The van der Waals surface area contributed by atoms with Crippen LogP contribution in [0.4, 0.5) is 0 Å². The smallest absolute Gasteiger partial charge is 0.272 e. The quantitative estimate of drug-likeness (QED) is 0.915. The molecule has 8 heteroatoms. The van der Waals surface area contributed by atoms with E-state index in [1.807, 2.05) is 20.9 Å². The van der Waals surface area contributed by atoms with E-state index in [1.165, 1.54) is 7.11 Å². The number of carbonyl (C=O) groups is 1. The van der Waals surface area contributed by atoms with Gasteiger partial charge in [-0.1, -0.05) is 0 Å². The van der Waals surface area contributed by atoms with E-state index in [0.29, 0.717) is 23.8 Å². The Kier molecular flexibility index (Phi) is 4.08. The average Bonchev–Trinajstić information content (AvgIpc) is 3.09. The molecule has 2 aromatic rings. The Morgan fingerprint density at radius 1 is 1.52 bits per heavy atom. The molecule has 0 aliphatic carbocycles. The molecule has 0 saturated carbocycles. The first-order valence-corrected chi connectivity index (χ1v) is 7.48. The highest BCUT2D eigenvalue weighted by atomic mass is 16.5. The number of rotatable bonds is 4. The highest BCUT2D eigenvalue weighted by molar-refractivity contribution is 5.94. The molecule has 0 unspecified atom stereocenters. The number of aromatic nitrogens is 3. The van der Waals surface area contributed by atoms with Crippen molar-refractivity contribution in [2.75, 3.05) is 7.11 Å². The van der Waals surface area contributed by atoms with Crippen LogP contribution in [0, 0.1) is 0 Å². The first-order valence-electron chi connectivity index (χ1n) is 7.48. The van der Waals surface area contributed by atoms with E-state index in [9.17, 15) is 4.79 Å². The molecule has 2 aromatic heterocycles. The Morgan fingerprint density at radius 3 is 3.00 bits per heavy atom. The minimum atomic E-state index is -0.237. The van der Waals surface area contributed by atoms with Crippen molar-refractivity contribution >= 4 is 5.91 Å². The summed E-state index contributed by atoms with van der Waals surface area (Å²) in [5.74, 6) is 0.660. The van der Waals surface area contributed by atoms with Gasteiger partial charge in [0.05, 0.1) is 31.6 Å². The van der Waals surface area contributed by atoms with Crippen molar-refractivity contribution in [3.8, 4) is 5.88 Å². The highest BCUT2D eigenvalue weighted by Crippen LogP contribution is 2.31. The molecule has 0 radical (unpaired) electrons. The van der Waals surface area contributed by atoms with Gasteiger partial charge in [-0.15, -0.1) is 0 Å². The molecule has 0 spiro atoms. The topological polar surface area (TPSA) is 91.4 Å². The zero-order valence-electron chi connectivity index (χ0n) is 13.6. The summed E-state index contributed by atoms with van der Waals surface area (Å²) in [6.45, 7) is 4.19. The minimum absolute atomic E-state index is 0.0618. The van der Waals surface area contributed by atoms with Crippen LogP contribution in [-0.2, 0) is 24.8 Å². The van der Waals surface area contributed by atoms with Gasteiger partial charge in [0.2, 0.25) is 0 Å². The molecule has 23 heavy (non-hydrogen) atoms. The van der Waals surface area contributed by atoms with Gasteiger partial charge < -0.3 is 19.3 Å². The van der Waals surface area contributed by atoms with Crippen LogP contribution in [0.1, 0.15) is 47.5 Å². The summed E-state index contributed by atoms with van der Waals surface area (Å²) in [4.78, 5) is 12.5. The van der Waals surface area contributed by atoms with Gasteiger partial charge in [0, 0.05) is 25.1 Å². The normalized spacial score (nSPS) is 20.2. The molecular weight excluding hydrogens is 300 g/mol. The van der Waals surface area contributed by atoms with Crippen LogP contribution in [0.15, 0.2) is 10.6 Å². The van der Waals surface area contributed by atoms with Crippen LogP contribution in [0.25, 0.3) is 0 Å². The summed E-state index contributed by atoms with van der Waals surface area (Å²) in [5, 5.41) is 10.9. The number of fused-ring (bicyclic) bond motifs is 1. The molecule has 8 nitrogen and oxygen atoms in total. The second-order valence-electron chi connectivity index (χ2n) is 5.65. The fraction of sp³-hybridized carbons (Fsp3) is 0.533. The van der Waals surface area contributed by atoms with Gasteiger partial charge in [0.25, 0.3) is 11.8 Å². The van der Waals surface area contributed by atoms with Crippen molar-refractivity contribution in [1.82, 2.24) is 20.3 Å². The number of nitrogens with zero attached hydrogens (tertiary/aromatic N) is 3. The van der Waals surface area contributed by atoms with E-state index in [4.69, 9.17) is 14.0 Å². The summed E-state index contributed by atoms with van der Waals surface area (Å²) in [6, 6.07) is 1.63. The predicted molar refractivity (Wildman–Crippen MR) is 80.1 cm³/mol. The summed E-state index contributed by atoms with van der Waals surface area (Å²) in [6.07, 6.45) is 0.657. The molecule has 3 rings (SSSR count). The molecule has 1 amide bonds. The van der Waals surface area contributed by atoms with Crippen LogP contribution in [0.2, 0.25) is 0 Å². The highest BCUT2D eigenvalue weighted by Gasteiger charge is 2.31. The van der Waals surface area contributed by atoms with Gasteiger partial charge in [-0.05, 0) is 19.0 Å². The lowest BCUT2D eigenvalue weighted by atomic mass is 9.99. The van der Waals surface area contributed by atoms with Gasteiger partial charge in [-0.3, -0.25) is 9.48 Å². The maximum atomic E-state index is 12.5. The van der Waals surface area contributed by atoms with Crippen molar-refractivity contribution in [1.29, 1.82) is 0 Å². The summed E-state index contributed by atoms with van der Waals surface area (Å²) in [5.41, 5.74) is 2.34. The maximum Gasteiger partial charge on any atom is 0.272 e. The second kappa shape index (κ2) is 6.04. The molecule has 0 saturated heterocycles. The third-order valence-electron chi connectivity index (χ3n) is 3.89. The lowest BCUT2D eigenvalue weighted by Crippen LogP contribution is -2.27. The number of ether oxygens (including phenoxy) is 2. The van der Waals surface area contributed by atoms with Crippen molar-refractivity contribution in [3.63, 3.8) is 0 Å². The Hall–Kier alpha value is -2.35. The molecule has 1 aliphatic heterocycles. The lowest BCUT2D eigenvalue weighted by Gasteiger charge is -2.26. The third kappa shape index (κ3) is 2.94. The Morgan fingerprint density at radius 2 is 2.30 bits per heavy atom. The predicted octanol–water partition coefficient (Wildman–Crippen LogP) is 1.37. The summed E-state index contributed by atoms with van der Waals surface area (Å²) >= 11 is 0. The molecule has 1 N–H and O–H groups in total. The average molecular weight is 320 g/mol. The van der Waals surface area contributed by atoms with E-state index in [2.05, 4.69) is 15.6 Å². The maximum absolute atomic E-state index is 12.5. The number of methoxy groups -OCH3 is 1. The van der Waals surface area contributed by atoms with Gasteiger partial charge in [-0.25, -0.2) is 0 Å². The molecule has 0 bridgehead atoms. The molecule has 2 atom stereocenters. The van der Waals surface area contributed by atoms with E-state index in [-0.39, 0.29) is 24.7 Å². The number of amides is 1. The summed E-state index contributed by atoms with van der Waals surface area (Å²) in [7, 11) is 3.33. The van der Waals surface area contributed by atoms with Crippen LogP contribution >= 0.6 is 0 Å². The Balaban J connectivity index is 1.76. The van der Waals surface area contributed by atoms with Crippen LogP contribution < -0.4 is 10.1 Å². The van der Waals surface area contributed by atoms with Crippen LogP contribution in [0.3, 0.4) is 0 Å². The number of hydrogen-bond donors (Lipinski definition) is 1. The van der Waals surface area contributed by atoms with Gasteiger partial charge in [0.15, 0.2) is 11.5 Å². The van der Waals surface area contributed by atoms with E-state index < -0.39 is 0 Å². The molecule has 0 fully saturated rings. The lowest BCUT2D eigenvalue weighted by molar-refractivity contribution is -0.00903. The first-order chi connectivity index (χ1) is 11.0. The Labute approximate surface area is 133 Å². The van der Waals surface area contributed by atoms with E-state index in [1.54, 1.807) is 10.7 Å². The fourth-order valence-electron chi connectivity index (χ4n) is 2.95. The van der Waals surface area contributed by atoms with E-state index in [0.717, 1.165) is 11.3 Å².